The van der Waals surface area contributed by atoms with Gasteiger partial charge in [-0.3, -0.25) is 4.79 Å². The highest BCUT2D eigenvalue weighted by molar-refractivity contribution is 6.06. The third-order valence-electron chi connectivity index (χ3n) is 4.18. The lowest BCUT2D eigenvalue weighted by molar-refractivity contribution is -0.128. The molecule has 3 N–H and O–H groups in total. The van der Waals surface area contributed by atoms with Crippen LogP contribution in [0.25, 0.3) is 27.6 Å². The fourth-order valence-electron chi connectivity index (χ4n) is 2.78. The first-order valence-corrected chi connectivity index (χ1v) is 7.82. The first-order valence-electron chi connectivity index (χ1n) is 7.82. The summed E-state index contributed by atoms with van der Waals surface area (Å²) < 4.78 is 1.77. The summed E-state index contributed by atoms with van der Waals surface area (Å²) in [5.74, 6) is 0.998. The van der Waals surface area contributed by atoms with E-state index in [1.165, 1.54) is 6.92 Å². The molecule has 0 spiro atoms. The van der Waals surface area contributed by atoms with E-state index in [4.69, 9.17) is 5.73 Å². The molecule has 126 valence electrons. The van der Waals surface area contributed by atoms with E-state index in [2.05, 4.69) is 20.1 Å². The molecule has 8 nitrogen and oxygen atoms in total. The number of H-pyrrole nitrogens is 1. The minimum absolute atomic E-state index is 0.0275. The number of carbonyl (C=O) groups excluding carboxylic acids is 1. The molecular formula is C17H17N7O. The summed E-state index contributed by atoms with van der Waals surface area (Å²) in [6.45, 7) is 1.90. The number of amides is 1. The van der Waals surface area contributed by atoms with Crippen molar-refractivity contribution in [3.05, 3.63) is 42.5 Å². The van der Waals surface area contributed by atoms with Crippen molar-refractivity contribution in [2.24, 2.45) is 0 Å². The largest absolute Gasteiger partial charge is 0.382 e. The molecule has 3 heterocycles. The summed E-state index contributed by atoms with van der Waals surface area (Å²) in [4.78, 5) is 25.3. The second-order valence-corrected chi connectivity index (χ2v) is 5.93. The van der Waals surface area contributed by atoms with Crippen LogP contribution in [0.5, 0.6) is 0 Å². The Hall–Kier alpha value is -3.42. The Labute approximate surface area is 143 Å². The van der Waals surface area contributed by atoms with Crippen LogP contribution in [0.4, 0.5) is 5.82 Å². The van der Waals surface area contributed by atoms with Gasteiger partial charge in [0.05, 0.1) is 23.3 Å². The maximum atomic E-state index is 11.4. The zero-order valence-corrected chi connectivity index (χ0v) is 13.9. The van der Waals surface area contributed by atoms with Crippen molar-refractivity contribution in [3.8, 4) is 5.69 Å². The van der Waals surface area contributed by atoms with Gasteiger partial charge in [0.25, 0.3) is 0 Å². The Bertz CT molecular complexity index is 1080. The first kappa shape index (κ1) is 15.1. The van der Waals surface area contributed by atoms with Gasteiger partial charge in [-0.2, -0.15) is 5.10 Å². The number of benzene rings is 1. The van der Waals surface area contributed by atoms with Crippen LogP contribution in [-0.4, -0.2) is 42.6 Å². The number of nitrogens with zero attached hydrogens (tertiary/aromatic N) is 5. The van der Waals surface area contributed by atoms with E-state index in [0.717, 1.165) is 22.1 Å². The molecule has 0 saturated carbocycles. The smallest absolute Gasteiger partial charge is 0.219 e. The monoisotopic (exact) mass is 335 g/mol. The molecule has 0 bridgehead atoms. The van der Waals surface area contributed by atoms with Gasteiger partial charge in [-0.25, -0.2) is 14.6 Å². The van der Waals surface area contributed by atoms with Crippen LogP contribution in [0, 0.1) is 0 Å². The second-order valence-electron chi connectivity index (χ2n) is 5.93. The van der Waals surface area contributed by atoms with Crippen LogP contribution < -0.4 is 5.73 Å². The van der Waals surface area contributed by atoms with Gasteiger partial charge in [-0.15, -0.1) is 0 Å². The molecule has 0 aliphatic heterocycles. The van der Waals surface area contributed by atoms with Crippen molar-refractivity contribution in [2.75, 3.05) is 12.8 Å². The third kappa shape index (κ3) is 2.57. The number of aromatic amines is 1. The average molecular weight is 335 g/mol. The number of carbonyl (C=O) groups is 1. The van der Waals surface area contributed by atoms with Crippen molar-refractivity contribution in [1.29, 1.82) is 0 Å². The zero-order valence-electron chi connectivity index (χ0n) is 13.9. The molecule has 1 aromatic carbocycles. The summed E-state index contributed by atoms with van der Waals surface area (Å²) in [7, 11) is 1.73. The number of nitrogens with one attached hydrogen (secondary N) is 1. The van der Waals surface area contributed by atoms with Crippen molar-refractivity contribution < 1.29 is 4.79 Å². The number of imidazole rings is 1. The lowest BCUT2D eigenvalue weighted by atomic mass is 10.1. The summed E-state index contributed by atoms with van der Waals surface area (Å²) in [5, 5.41) is 5.15. The minimum atomic E-state index is -0.0275. The highest BCUT2D eigenvalue weighted by Gasteiger charge is 2.14. The summed E-state index contributed by atoms with van der Waals surface area (Å²) in [6.07, 6.45) is 3.59. The van der Waals surface area contributed by atoms with Crippen molar-refractivity contribution in [1.82, 2.24) is 29.6 Å². The van der Waals surface area contributed by atoms with Gasteiger partial charge in [-0.1, -0.05) is 0 Å². The van der Waals surface area contributed by atoms with Crippen LogP contribution in [0.2, 0.25) is 0 Å². The number of fused-ring (bicyclic) bond motifs is 3. The first-order chi connectivity index (χ1) is 12.0. The molecule has 1 amide bonds. The molecule has 0 aliphatic rings. The predicted molar refractivity (Wildman–Crippen MR) is 95.1 cm³/mol. The summed E-state index contributed by atoms with van der Waals surface area (Å²) in [5.41, 5.74) is 9.20. The van der Waals surface area contributed by atoms with Gasteiger partial charge >= 0.3 is 0 Å². The van der Waals surface area contributed by atoms with Crippen LogP contribution in [0.3, 0.4) is 0 Å². The highest BCUT2D eigenvalue weighted by atomic mass is 16.2. The molecule has 0 saturated heterocycles. The van der Waals surface area contributed by atoms with E-state index < -0.39 is 0 Å². The maximum Gasteiger partial charge on any atom is 0.219 e. The molecule has 0 unspecified atom stereocenters. The molecule has 4 aromatic rings. The second kappa shape index (κ2) is 5.59. The molecule has 0 radical (unpaired) electrons. The Morgan fingerprint density at radius 3 is 2.92 bits per heavy atom. The third-order valence-corrected chi connectivity index (χ3v) is 4.18. The van der Waals surface area contributed by atoms with Crippen molar-refractivity contribution in [2.45, 2.75) is 13.5 Å². The van der Waals surface area contributed by atoms with Gasteiger partial charge < -0.3 is 15.6 Å². The number of nitrogen functional groups attached to an aromatic ring is 1. The van der Waals surface area contributed by atoms with Gasteiger partial charge in [0.1, 0.15) is 11.3 Å². The minimum Gasteiger partial charge on any atom is -0.382 e. The van der Waals surface area contributed by atoms with Crippen LogP contribution in [0.1, 0.15) is 12.7 Å². The van der Waals surface area contributed by atoms with E-state index in [1.54, 1.807) is 22.8 Å². The normalized spacial score (nSPS) is 11.3. The molecule has 0 fully saturated rings. The van der Waals surface area contributed by atoms with Crippen molar-refractivity contribution in [3.63, 3.8) is 0 Å². The highest BCUT2D eigenvalue weighted by Crippen LogP contribution is 2.27. The topological polar surface area (TPSA) is 106 Å². The Kier molecular flexibility index (Phi) is 3.38. The van der Waals surface area contributed by atoms with Gasteiger partial charge in [0, 0.05) is 31.8 Å². The predicted octanol–water partition coefficient (Wildman–Crippen LogP) is 1.86. The van der Waals surface area contributed by atoms with Crippen molar-refractivity contribution >= 4 is 33.7 Å². The fourth-order valence-corrected chi connectivity index (χ4v) is 2.78. The van der Waals surface area contributed by atoms with Gasteiger partial charge in [0.2, 0.25) is 5.91 Å². The van der Waals surface area contributed by atoms with E-state index >= 15 is 0 Å². The van der Waals surface area contributed by atoms with E-state index in [1.807, 2.05) is 30.5 Å². The number of aromatic nitrogens is 5. The van der Waals surface area contributed by atoms with E-state index in [-0.39, 0.29) is 5.91 Å². The molecule has 8 heteroatoms. The molecular weight excluding hydrogens is 318 g/mol. The Balaban J connectivity index is 1.85. The number of hydrogen-bond acceptors (Lipinski definition) is 5. The number of pyridine rings is 1. The fraction of sp³-hybridized carbons (Fsp3) is 0.176. The van der Waals surface area contributed by atoms with Crippen LogP contribution in [-0.2, 0) is 11.3 Å². The number of hydrogen-bond donors (Lipinski definition) is 2. The van der Waals surface area contributed by atoms with Gasteiger partial charge in [-0.05, 0) is 24.3 Å². The SMILES string of the molecule is CC(=O)N(C)Cc1nc2c(N)nc3cc(-n4cccn4)ccc3c2[nH]1. The lowest BCUT2D eigenvalue weighted by Gasteiger charge is -2.11. The molecule has 25 heavy (non-hydrogen) atoms. The van der Waals surface area contributed by atoms with Crippen LogP contribution in [0.15, 0.2) is 36.7 Å². The zero-order chi connectivity index (χ0) is 17.6. The van der Waals surface area contributed by atoms with E-state index in [9.17, 15) is 4.79 Å². The van der Waals surface area contributed by atoms with E-state index in [0.29, 0.717) is 23.7 Å². The standard InChI is InChI=1S/C17H17N7O/c1-10(25)23(2)9-14-21-15-12-5-4-11(24-7-3-6-19-24)8-13(12)20-17(18)16(15)22-14/h3-8H,9H2,1-2H3,(H2,18,20)(H,21,22). The number of anilines is 1. The van der Waals surface area contributed by atoms with Gasteiger partial charge in [0.15, 0.2) is 5.82 Å². The lowest BCUT2D eigenvalue weighted by Crippen LogP contribution is -2.23. The Morgan fingerprint density at radius 2 is 2.20 bits per heavy atom. The summed E-state index contributed by atoms with van der Waals surface area (Å²) >= 11 is 0. The molecule has 4 rings (SSSR count). The maximum absolute atomic E-state index is 11.4. The molecule has 0 atom stereocenters. The Morgan fingerprint density at radius 1 is 1.36 bits per heavy atom. The average Bonchev–Trinajstić information content (AvgIpc) is 3.24. The number of rotatable bonds is 3. The molecule has 0 aliphatic carbocycles. The molecule has 3 aromatic heterocycles. The summed E-state index contributed by atoms with van der Waals surface area (Å²) in [6, 6.07) is 7.73. The quantitative estimate of drug-likeness (QED) is 0.594. The van der Waals surface area contributed by atoms with Crippen LogP contribution >= 0.6 is 0 Å². The number of nitrogens with two attached hydrogens (primary N) is 1.